The molecule has 5 nitrogen and oxygen atoms in total. The third-order valence-electron chi connectivity index (χ3n) is 2.16. The number of benzene rings is 1. The van der Waals surface area contributed by atoms with E-state index in [0.717, 1.165) is 0 Å². The van der Waals surface area contributed by atoms with E-state index >= 15 is 0 Å². The Balaban J connectivity index is 3.01. The zero-order chi connectivity index (χ0) is 12.3. The van der Waals surface area contributed by atoms with Gasteiger partial charge >= 0.3 is 5.97 Å². The Bertz CT molecular complexity index is 464. The van der Waals surface area contributed by atoms with Gasteiger partial charge in [-0.1, -0.05) is 12.0 Å². The molecule has 0 saturated heterocycles. The summed E-state index contributed by atoms with van der Waals surface area (Å²) in [5.41, 5.74) is 4.09. The molecule has 0 bridgehead atoms. The van der Waals surface area contributed by atoms with Crippen LogP contribution in [0.2, 0.25) is 0 Å². The Kier molecular flexibility index (Phi) is 3.06. The number of carboxylic acids is 1. The van der Waals surface area contributed by atoms with Gasteiger partial charge in [0.05, 0.1) is 0 Å². The van der Waals surface area contributed by atoms with Crippen molar-refractivity contribution in [3.05, 3.63) is 23.8 Å². The van der Waals surface area contributed by atoms with Crippen LogP contribution in [-0.4, -0.2) is 26.8 Å². The third kappa shape index (κ3) is 2.24. The van der Waals surface area contributed by atoms with E-state index in [1.807, 2.05) is 5.92 Å². The van der Waals surface area contributed by atoms with Gasteiger partial charge in [0.1, 0.15) is 0 Å². The summed E-state index contributed by atoms with van der Waals surface area (Å²) in [6.07, 6.45) is 4.92. The van der Waals surface area contributed by atoms with Crippen LogP contribution < -0.4 is 5.73 Å². The van der Waals surface area contributed by atoms with E-state index in [1.165, 1.54) is 18.2 Å². The van der Waals surface area contributed by atoms with Gasteiger partial charge in [0.25, 0.3) is 0 Å². The standard InChI is InChI=1S/C11H11NO4/c1-2-11(12,10(15)16)6-7-3-4-8(13)9(14)5-7/h1,3-5,13-14H,6,12H2,(H,15,16)/t11-/m1/s1. The highest BCUT2D eigenvalue weighted by atomic mass is 16.4. The van der Waals surface area contributed by atoms with E-state index in [-0.39, 0.29) is 17.9 Å². The first-order chi connectivity index (χ1) is 7.39. The maximum Gasteiger partial charge on any atom is 0.336 e. The Hall–Kier alpha value is -2.19. The summed E-state index contributed by atoms with van der Waals surface area (Å²) in [7, 11) is 0. The van der Waals surface area contributed by atoms with Gasteiger partial charge in [-0.25, -0.2) is 4.79 Å². The molecule has 5 heteroatoms. The quantitative estimate of drug-likeness (QED) is 0.426. The van der Waals surface area contributed by atoms with Gasteiger partial charge in [0.15, 0.2) is 17.0 Å². The van der Waals surface area contributed by atoms with Crippen LogP contribution in [0, 0.1) is 12.3 Å². The van der Waals surface area contributed by atoms with Crippen molar-refractivity contribution in [3.8, 4) is 23.8 Å². The summed E-state index contributed by atoms with van der Waals surface area (Å²) in [4.78, 5) is 10.8. The highest BCUT2D eigenvalue weighted by Crippen LogP contribution is 2.26. The second-order valence-corrected chi connectivity index (χ2v) is 3.42. The molecular formula is C11H11NO4. The Morgan fingerprint density at radius 3 is 2.50 bits per heavy atom. The second kappa shape index (κ2) is 4.13. The number of phenolic OH excluding ortho intramolecular Hbond substituents is 2. The van der Waals surface area contributed by atoms with Crippen LogP contribution >= 0.6 is 0 Å². The molecule has 1 atom stereocenters. The first-order valence-corrected chi connectivity index (χ1v) is 4.40. The van der Waals surface area contributed by atoms with Crippen LogP contribution in [0.4, 0.5) is 0 Å². The van der Waals surface area contributed by atoms with Gasteiger partial charge < -0.3 is 21.1 Å². The maximum atomic E-state index is 10.8. The zero-order valence-electron chi connectivity index (χ0n) is 8.34. The molecule has 16 heavy (non-hydrogen) atoms. The zero-order valence-corrected chi connectivity index (χ0v) is 8.34. The highest BCUT2D eigenvalue weighted by molar-refractivity contribution is 5.83. The molecule has 1 aromatic carbocycles. The molecule has 0 radical (unpaired) electrons. The van der Waals surface area contributed by atoms with Gasteiger partial charge in [0.2, 0.25) is 0 Å². The molecule has 0 heterocycles. The van der Waals surface area contributed by atoms with E-state index in [4.69, 9.17) is 22.4 Å². The van der Waals surface area contributed by atoms with Crippen molar-refractivity contribution in [1.29, 1.82) is 0 Å². The second-order valence-electron chi connectivity index (χ2n) is 3.42. The molecule has 1 aromatic rings. The molecule has 0 aliphatic carbocycles. The summed E-state index contributed by atoms with van der Waals surface area (Å²) in [5, 5.41) is 27.1. The lowest BCUT2D eigenvalue weighted by Gasteiger charge is -2.18. The van der Waals surface area contributed by atoms with Gasteiger partial charge in [-0.15, -0.1) is 6.42 Å². The average molecular weight is 221 g/mol. The fraction of sp³-hybridized carbons (Fsp3) is 0.182. The highest BCUT2D eigenvalue weighted by Gasteiger charge is 2.31. The van der Waals surface area contributed by atoms with E-state index in [2.05, 4.69) is 0 Å². The number of aliphatic carboxylic acids is 1. The number of phenols is 2. The Morgan fingerprint density at radius 2 is 2.06 bits per heavy atom. The van der Waals surface area contributed by atoms with Crippen LogP contribution in [0.25, 0.3) is 0 Å². The smallest absolute Gasteiger partial charge is 0.336 e. The van der Waals surface area contributed by atoms with Crippen LogP contribution in [-0.2, 0) is 11.2 Å². The number of hydrogen-bond donors (Lipinski definition) is 4. The lowest BCUT2D eigenvalue weighted by atomic mass is 9.93. The van der Waals surface area contributed by atoms with E-state index in [1.54, 1.807) is 0 Å². The molecule has 0 unspecified atom stereocenters. The Labute approximate surface area is 92.1 Å². The van der Waals surface area contributed by atoms with Gasteiger partial charge in [-0.2, -0.15) is 0 Å². The monoisotopic (exact) mass is 221 g/mol. The molecular weight excluding hydrogens is 210 g/mol. The lowest BCUT2D eigenvalue weighted by molar-refractivity contribution is -0.141. The lowest BCUT2D eigenvalue weighted by Crippen LogP contribution is -2.48. The summed E-state index contributed by atoms with van der Waals surface area (Å²) in [5.74, 6) is 0.0429. The normalized spacial score (nSPS) is 13.8. The number of rotatable bonds is 3. The fourth-order valence-corrected chi connectivity index (χ4v) is 1.19. The van der Waals surface area contributed by atoms with Gasteiger partial charge in [0, 0.05) is 6.42 Å². The van der Waals surface area contributed by atoms with Gasteiger partial charge in [-0.05, 0) is 17.7 Å². The number of terminal acetylenes is 1. The molecule has 0 aromatic heterocycles. The topological polar surface area (TPSA) is 104 Å². The SMILES string of the molecule is C#C[C@@](N)(Cc1ccc(O)c(O)c1)C(=O)O. The molecule has 0 aliphatic heterocycles. The van der Waals surface area contributed by atoms with Crippen molar-refractivity contribution in [1.82, 2.24) is 0 Å². The number of carboxylic acid groups (broad SMARTS) is 1. The third-order valence-corrected chi connectivity index (χ3v) is 2.16. The molecule has 0 spiro atoms. The van der Waals surface area contributed by atoms with E-state index in [9.17, 15) is 9.90 Å². The minimum Gasteiger partial charge on any atom is -0.504 e. The van der Waals surface area contributed by atoms with Crippen LogP contribution in [0.5, 0.6) is 11.5 Å². The van der Waals surface area contributed by atoms with Crippen molar-refractivity contribution >= 4 is 5.97 Å². The number of hydrogen-bond acceptors (Lipinski definition) is 4. The summed E-state index contributed by atoms with van der Waals surface area (Å²) < 4.78 is 0. The largest absolute Gasteiger partial charge is 0.504 e. The first-order valence-electron chi connectivity index (χ1n) is 4.40. The minimum atomic E-state index is -1.82. The minimum absolute atomic E-state index is 0.132. The van der Waals surface area contributed by atoms with Crippen LogP contribution in [0.1, 0.15) is 5.56 Å². The first kappa shape index (κ1) is 11.9. The van der Waals surface area contributed by atoms with Crippen molar-refractivity contribution < 1.29 is 20.1 Å². The van der Waals surface area contributed by atoms with Gasteiger partial charge in [-0.3, -0.25) is 0 Å². The van der Waals surface area contributed by atoms with Crippen LogP contribution in [0.15, 0.2) is 18.2 Å². The summed E-state index contributed by atoms with van der Waals surface area (Å²) in [6.45, 7) is 0. The average Bonchev–Trinajstić information content (AvgIpc) is 2.23. The van der Waals surface area contributed by atoms with Crippen molar-refractivity contribution in [2.24, 2.45) is 5.73 Å². The van der Waals surface area contributed by atoms with E-state index < -0.39 is 11.5 Å². The Morgan fingerprint density at radius 1 is 1.44 bits per heavy atom. The molecule has 0 aliphatic rings. The molecule has 0 fully saturated rings. The molecule has 5 N–H and O–H groups in total. The fourth-order valence-electron chi connectivity index (χ4n) is 1.19. The molecule has 0 saturated carbocycles. The molecule has 1 rings (SSSR count). The number of carbonyl (C=O) groups is 1. The number of nitrogens with two attached hydrogens (primary N) is 1. The molecule has 0 amide bonds. The van der Waals surface area contributed by atoms with Crippen molar-refractivity contribution in [3.63, 3.8) is 0 Å². The molecule has 84 valence electrons. The number of aromatic hydroxyl groups is 2. The van der Waals surface area contributed by atoms with Crippen LogP contribution in [0.3, 0.4) is 0 Å². The predicted molar refractivity (Wildman–Crippen MR) is 56.9 cm³/mol. The predicted octanol–water partition coefficient (Wildman–Crippen LogP) is 0.0556. The van der Waals surface area contributed by atoms with E-state index in [0.29, 0.717) is 5.56 Å². The summed E-state index contributed by atoms with van der Waals surface area (Å²) >= 11 is 0. The van der Waals surface area contributed by atoms with Crippen molar-refractivity contribution in [2.45, 2.75) is 12.0 Å². The van der Waals surface area contributed by atoms with Crippen molar-refractivity contribution in [2.75, 3.05) is 0 Å². The maximum absolute atomic E-state index is 10.8. The summed E-state index contributed by atoms with van der Waals surface area (Å²) in [6, 6.07) is 3.90.